The first-order valence-corrected chi connectivity index (χ1v) is 7.96. The Balaban J connectivity index is 1.78. The average Bonchev–Trinajstić information content (AvgIpc) is 3.04. The number of halogens is 1. The second-order valence-electron chi connectivity index (χ2n) is 5.98. The van der Waals surface area contributed by atoms with Crippen molar-refractivity contribution in [3.8, 4) is 0 Å². The van der Waals surface area contributed by atoms with Crippen molar-refractivity contribution in [2.75, 3.05) is 0 Å². The number of nitrogens with one attached hydrogen (secondary N) is 2. The lowest BCUT2D eigenvalue weighted by molar-refractivity contribution is -0.123. The molecular formula is C17H20ClN3O. The number of carbonyl (C=O) groups is 1. The van der Waals surface area contributed by atoms with Crippen LogP contribution >= 0.6 is 11.6 Å². The predicted molar refractivity (Wildman–Crippen MR) is 87.1 cm³/mol. The average molecular weight is 318 g/mol. The number of nitrogens with zero attached hydrogens (tertiary/aromatic N) is 1. The molecule has 0 saturated carbocycles. The number of H-pyrrole nitrogens is 1. The molecular weight excluding hydrogens is 298 g/mol. The van der Waals surface area contributed by atoms with Crippen molar-refractivity contribution in [3.05, 3.63) is 51.3 Å². The predicted octanol–water partition coefficient (Wildman–Crippen LogP) is 3.59. The first-order chi connectivity index (χ1) is 10.5. The van der Waals surface area contributed by atoms with Crippen molar-refractivity contribution in [2.24, 2.45) is 0 Å². The maximum Gasteiger partial charge on any atom is 0.227 e. The SMILES string of the molecule is Cc1n[nH]c(C)c1C(C)C(=O)NC1CCc2c(Cl)cccc21. The molecule has 116 valence electrons. The molecule has 5 heteroatoms. The normalized spacial score (nSPS) is 18.1. The van der Waals surface area contributed by atoms with Crippen LogP contribution in [-0.2, 0) is 11.2 Å². The zero-order valence-electron chi connectivity index (χ0n) is 13.0. The summed E-state index contributed by atoms with van der Waals surface area (Å²) in [5, 5.41) is 11.1. The Kier molecular flexibility index (Phi) is 3.96. The van der Waals surface area contributed by atoms with Crippen LogP contribution in [-0.4, -0.2) is 16.1 Å². The van der Waals surface area contributed by atoms with Gasteiger partial charge in [-0.05, 0) is 50.8 Å². The van der Waals surface area contributed by atoms with E-state index in [-0.39, 0.29) is 17.9 Å². The molecule has 1 amide bonds. The molecule has 1 aromatic carbocycles. The number of hydrogen-bond acceptors (Lipinski definition) is 2. The maximum atomic E-state index is 12.6. The zero-order chi connectivity index (χ0) is 15.9. The Morgan fingerprint density at radius 2 is 2.23 bits per heavy atom. The summed E-state index contributed by atoms with van der Waals surface area (Å²) >= 11 is 6.23. The van der Waals surface area contributed by atoms with Crippen molar-refractivity contribution in [1.29, 1.82) is 0 Å². The van der Waals surface area contributed by atoms with Gasteiger partial charge < -0.3 is 5.32 Å². The Labute approximate surface area is 135 Å². The van der Waals surface area contributed by atoms with Gasteiger partial charge in [0.25, 0.3) is 0 Å². The molecule has 0 saturated heterocycles. The van der Waals surface area contributed by atoms with Crippen molar-refractivity contribution in [2.45, 2.75) is 45.6 Å². The molecule has 0 bridgehead atoms. The number of hydrogen-bond donors (Lipinski definition) is 2. The van der Waals surface area contributed by atoms with Gasteiger partial charge in [-0.15, -0.1) is 0 Å². The highest BCUT2D eigenvalue weighted by Crippen LogP contribution is 2.36. The topological polar surface area (TPSA) is 57.8 Å². The van der Waals surface area contributed by atoms with Crippen molar-refractivity contribution >= 4 is 17.5 Å². The lowest BCUT2D eigenvalue weighted by atomic mass is 9.97. The van der Waals surface area contributed by atoms with Crippen molar-refractivity contribution < 1.29 is 4.79 Å². The molecule has 22 heavy (non-hydrogen) atoms. The Morgan fingerprint density at radius 3 is 2.91 bits per heavy atom. The number of aromatic nitrogens is 2. The van der Waals surface area contributed by atoms with Gasteiger partial charge in [-0.3, -0.25) is 9.89 Å². The van der Waals surface area contributed by atoms with Crippen LogP contribution in [0.3, 0.4) is 0 Å². The third-order valence-corrected chi connectivity index (χ3v) is 4.90. The standard InChI is InChI=1S/C17H20ClN3O/c1-9(16-10(2)20-21-11(16)3)17(22)19-15-8-7-12-13(15)5-4-6-14(12)18/h4-6,9,15H,7-8H2,1-3H3,(H,19,22)(H,20,21). The highest BCUT2D eigenvalue weighted by atomic mass is 35.5. The summed E-state index contributed by atoms with van der Waals surface area (Å²) in [6, 6.07) is 5.96. The molecule has 2 atom stereocenters. The van der Waals surface area contributed by atoms with E-state index in [0.717, 1.165) is 45.9 Å². The minimum atomic E-state index is -0.220. The number of carbonyl (C=O) groups excluding carboxylic acids is 1. The summed E-state index contributed by atoms with van der Waals surface area (Å²) < 4.78 is 0. The van der Waals surface area contributed by atoms with Gasteiger partial charge >= 0.3 is 0 Å². The maximum absolute atomic E-state index is 12.6. The lowest BCUT2D eigenvalue weighted by Crippen LogP contribution is -2.31. The largest absolute Gasteiger partial charge is 0.349 e. The van der Waals surface area contributed by atoms with E-state index >= 15 is 0 Å². The Hall–Kier alpha value is -1.81. The van der Waals surface area contributed by atoms with Crippen LogP contribution in [0.25, 0.3) is 0 Å². The Bertz CT molecular complexity index is 703. The lowest BCUT2D eigenvalue weighted by Gasteiger charge is -2.18. The van der Waals surface area contributed by atoms with E-state index in [9.17, 15) is 4.79 Å². The molecule has 0 spiro atoms. The molecule has 2 unspecified atom stereocenters. The molecule has 2 aromatic rings. The van der Waals surface area contributed by atoms with Gasteiger partial charge in [0.1, 0.15) is 0 Å². The van der Waals surface area contributed by atoms with E-state index in [1.54, 1.807) is 0 Å². The van der Waals surface area contributed by atoms with E-state index in [2.05, 4.69) is 21.6 Å². The molecule has 0 radical (unpaired) electrons. The summed E-state index contributed by atoms with van der Waals surface area (Å²) in [5.74, 6) is -0.188. The van der Waals surface area contributed by atoms with Gasteiger partial charge in [-0.25, -0.2) is 0 Å². The number of aryl methyl sites for hydroxylation is 2. The van der Waals surface area contributed by atoms with Crippen molar-refractivity contribution in [1.82, 2.24) is 15.5 Å². The van der Waals surface area contributed by atoms with Gasteiger partial charge in [0, 0.05) is 16.3 Å². The number of fused-ring (bicyclic) bond motifs is 1. The zero-order valence-corrected chi connectivity index (χ0v) is 13.8. The fraction of sp³-hybridized carbons (Fsp3) is 0.412. The highest BCUT2D eigenvalue weighted by molar-refractivity contribution is 6.31. The second kappa shape index (κ2) is 5.76. The minimum absolute atomic E-state index is 0.0328. The molecule has 4 nitrogen and oxygen atoms in total. The van der Waals surface area contributed by atoms with Gasteiger partial charge in [-0.1, -0.05) is 23.7 Å². The van der Waals surface area contributed by atoms with E-state index in [0.29, 0.717) is 0 Å². The third-order valence-electron chi connectivity index (χ3n) is 4.54. The minimum Gasteiger partial charge on any atom is -0.349 e. The van der Waals surface area contributed by atoms with E-state index in [1.807, 2.05) is 32.9 Å². The van der Waals surface area contributed by atoms with Gasteiger partial charge in [0.15, 0.2) is 0 Å². The number of aromatic amines is 1. The highest BCUT2D eigenvalue weighted by Gasteiger charge is 2.28. The van der Waals surface area contributed by atoms with E-state index < -0.39 is 0 Å². The van der Waals surface area contributed by atoms with Crippen LogP contribution in [0.2, 0.25) is 5.02 Å². The Morgan fingerprint density at radius 1 is 1.45 bits per heavy atom. The van der Waals surface area contributed by atoms with Crippen LogP contribution in [0.5, 0.6) is 0 Å². The smallest absolute Gasteiger partial charge is 0.227 e. The summed E-state index contributed by atoms with van der Waals surface area (Å²) in [6.07, 6.45) is 1.82. The van der Waals surface area contributed by atoms with Crippen LogP contribution in [0.1, 0.15) is 53.4 Å². The van der Waals surface area contributed by atoms with Crippen LogP contribution in [0, 0.1) is 13.8 Å². The van der Waals surface area contributed by atoms with Crippen LogP contribution in [0.4, 0.5) is 0 Å². The van der Waals surface area contributed by atoms with Gasteiger partial charge in [-0.2, -0.15) is 5.10 Å². The van der Waals surface area contributed by atoms with Crippen LogP contribution < -0.4 is 5.32 Å². The van der Waals surface area contributed by atoms with Crippen molar-refractivity contribution in [3.63, 3.8) is 0 Å². The van der Waals surface area contributed by atoms with Gasteiger partial charge in [0.05, 0.1) is 17.7 Å². The molecule has 1 aliphatic carbocycles. The molecule has 1 aromatic heterocycles. The quantitative estimate of drug-likeness (QED) is 0.909. The molecule has 2 N–H and O–H groups in total. The van der Waals surface area contributed by atoms with Gasteiger partial charge in [0.2, 0.25) is 5.91 Å². The van der Waals surface area contributed by atoms with E-state index in [1.165, 1.54) is 0 Å². The molecule has 1 aliphatic rings. The summed E-state index contributed by atoms with van der Waals surface area (Å²) in [5.41, 5.74) is 5.14. The second-order valence-corrected chi connectivity index (χ2v) is 6.38. The number of amides is 1. The van der Waals surface area contributed by atoms with Crippen LogP contribution in [0.15, 0.2) is 18.2 Å². The first kappa shape index (κ1) is 15.1. The molecule has 0 aliphatic heterocycles. The fourth-order valence-corrected chi connectivity index (χ4v) is 3.66. The third kappa shape index (κ3) is 2.52. The fourth-order valence-electron chi connectivity index (χ4n) is 3.39. The van der Waals surface area contributed by atoms with E-state index in [4.69, 9.17) is 11.6 Å². The molecule has 3 rings (SSSR count). The number of rotatable bonds is 3. The summed E-state index contributed by atoms with van der Waals surface area (Å²) in [7, 11) is 0. The molecule has 1 heterocycles. The summed E-state index contributed by atoms with van der Waals surface area (Å²) in [4.78, 5) is 12.6. The monoisotopic (exact) mass is 317 g/mol. The number of benzene rings is 1. The molecule has 0 fully saturated rings. The first-order valence-electron chi connectivity index (χ1n) is 7.58. The summed E-state index contributed by atoms with van der Waals surface area (Å²) in [6.45, 7) is 5.80.